The van der Waals surface area contributed by atoms with Gasteiger partial charge in [0.2, 0.25) is 11.8 Å². The molecule has 2 heterocycles. The van der Waals surface area contributed by atoms with Crippen LogP contribution in [0.5, 0.6) is 0 Å². The van der Waals surface area contributed by atoms with E-state index in [-0.39, 0.29) is 16.7 Å². The Bertz CT molecular complexity index is 1330. The van der Waals surface area contributed by atoms with Crippen molar-refractivity contribution in [1.82, 2.24) is 10.1 Å². The number of carbonyl (C=O) groups excluding carboxylic acids is 1. The van der Waals surface area contributed by atoms with Crippen LogP contribution in [0.3, 0.4) is 0 Å². The minimum absolute atomic E-state index is 0.0554. The Balaban J connectivity index is 1.30. The van der Waals surface area contributed by atoms with Crippen LogP contribution in [0.4, 0.5) is 11.6 Å². The van der Waals surface area contributed by atoms with E-state index in [0.29, 0.717) is 29.8 Å². The first-order valence-electron chi connectivity index (χ1n) is 10.0. The fraction of sp³-hybridized carbons (Fsp3) is 0.227. The highest BCUT2D eigenvalue weighted by Gasteiger charge is 2.19. The number of fused-ring (bicyclic) bond motifs is 1. The van der Waals surface area contributed by atoms with Crippen LogP contribution in [0.2, 0.25) is 0 Å². The number of anilines is 2. The standard InChI is InChI=1S/C22H22N4O4S2/c1-14-15(2)25-30-22(14)26-32(28,29)17-12-10-16(11-13-17)23-20(27)8-5-9-21-24-18-6-3-4-7-19(18)31-21/h3-4,6-7,10-13,26H,5,8-9H2,1-2H3,(H,23,27). The number of carbonyl (C=O) groups is 1. The quantitative estimate of drug-likeness (QED) is 0.387. The summed E-state index contributed by atoms with van der Waals surface area (Å²) in [6.07, 6.45) is 1.76. The Hall–Kier alpha value is -3.24. The molecule has 2 aromatic carbocycles. The first kappa shape index (κ1) is 22.0. The summed E-state index contributed by atoms with van der Waals surface area (Å²) in [6, 6.07) is 13.9. The van der Waals surface area contributed by atoms with E-state index in [0.717, 1.165) is 21.6 Å². The average molecular weight is 471 g/mol. The van der Waals surface area contributed by atoms with E-state index in [2.05, 4.69) is 20.2 Å². The van der Waals surface area contributed by atoms with E-state index < -0.39 is 10.0 Å². The molecule has 2 N–H and O–H groups in total. The van der Waals surface area contributed by atoms with E-state index >= 15 is 0 Å². The number of nitrogens with one attached hydrogen (secondary N) is 2. The monoisotopic (exact) mass is 470 g/mol. The van der Waals surface area contributed by atoms with Crippen molar-refractivity contribution in [3.05, 3.63) is 64.8 Å². The molecule has 0 unspecified atom stereocenters. The molecule has 4 rings (SSSR count). The van der Waals surface area contributed by atoms with Crippen molar-refractivity contribution in [2.24, 2.45) is 0 Å². The van der Waals surface area contributed by atoms with E-state index in [9.17, 15) is 13.2 Å². The molecule has 0 aliphatic rings. The minimum Gasteiger partial charge on any atom is -0.337 e. The molecule has 8 nitrogen and oxygen atoms in total. The molecule has 10 heteroatoms. The zero-order valence-electron chi connectivity index (χ0n) is 17.6. The molecular weight excluding hydrogens is 448 g/mol. The van der Waals surface area contributed by atoms with Crippen LogP contribution in [-0.2, 0) is 21.2 Å². The second-order valence-electron chi connectivity index (χ2n) is 7.33. The van der Waals surface area contributed by atoms with Crippen LogP contribution in [-0.4, -0.2) is 24.5 Å². The fourth-order valence-electron chi connectivity index (χ4n) is 3.06. The summed E-state index contributed by atoms with van der Waals surface area (Å²) in [4.78, 5) is 16.9. The molecule has 0 spiro atoms. The van der Waals surface area contributed by atoms with Crippen LogP contribution in [0.1, 0.15) is 29.1 Å². The molecule has 1 amide bonds. The number of thiazole rings is 1. The van der Waals surface area contributed by atoms with Gasteiger partial charge in [0, 0.05) is 17.7 Å². The van der Waals surface area contributed by atoms with Gasteiger partial charge in [-0.05, 0) is 63.1 Å². The van der Waals surface area contributed by atoms with Crippen LogP contribution in [0, 0.1) is 13.8 Å². The molecule has 0 aliphatic carbocycles. The van der Waals surface area contributed by atoms with Crippen molar-refractivity contribution in [3.8, 4) is 0 Å². The molecule has 0 fully saturated rings. The third kappa shape index (κ3) is 4.97. The Morgan fingerprint density at radius 2 is 1.84 bits per heavy atom. The molecule has 0 aliphatic heterocycles. The number of sulfonamides is 1. The first-order valence-corrected chi connectivity index (χ1v) is 12.3. The summed E-state index contributed by atoms with van der Waals surface area (Å²) in [5.74, 6) is -0.0411. The van der Waals surface area contributed by atoms with E-state index in [1.54, 1.807) is 37.3 Å². The number of hydrogen-bond donors (Lipinski definition) is 2. The molecule has 32 heavy (non-hydrogen) atoms. The summed E-state index contributed by atoms with van der Waals surface area (Å²) in [7, 11) is -3.83. The normalized spacial score (nSPS) is 11.6. The van der Waals surface area contributed by atoms with Gasteiger partial charge < -0.3 is 9.84 Å². The summed E-state index contributed by atoms with van der Waals surface area (Å²) in [6.45, 7) is 3.45. The topological polar surface area (TPSA) is 114 Å². The maximum absolute atomic E-state index is 12.5. The van der Waals surface area contributed by atoms with Gasteiger partial charge in [-0.2, -0.15) is 0 Å². The highest BCUT2D eigenvalue weighted by Crippen LogP contribution is 2.24. The molecule has 0 bridgehead atoms. The Labute approximate surface area is 189 Å². The van der Waals surface area contributed by atoms with Gasteiger partial charge in [0.05, 0.1) is 25.8 Å². The molecule has 2 aromatic heterocycles. The van der Waals surface area contributed by atoms with Crippen LogP contribution in [0.25, 0.3) is 10.2 Å². The maximum atomic E-state index is 12.5. The Kier molecular flexibility index (Phi) is 6.24. The number of aryl methyl sites for hydroxylation is 2. The van der Waals surface area contributed by atoms with Crippen molar-refractivity contribution < 1.29 is 17.7 Å². The van der Waals surface area contributed by atoms with Gasteiger partial charge in [-0.3, -0.25) is 4.79 Å². The minimum atomic E-state index is -3.83. The first-order chi connectivity index (χ1) is 15.3. The molecule has 0 radical (unpaired) electrons. The molecule has 4 aromatic rings. The second-order valence-corrected chi connectivity index (χ2v) is 10.1. The molecular formula is C22H22N4O4S2. The summed E-state index contributed by atoms with van der Waals surface area (Å²) < 4.78 is 33.6. The van der Waals surface area contributed by atoms with Gasteiger partial charge in [0.1, 0.15) is 0 Å². The predicted molar refractivity (Wildman–Crippen MR) is 124 cm³/mol. The summed E-state index contributed by atoms with van der Waals surface area (Å²) >= 11 is 1.64. The largest absolute Gasteiger partial charge is 0.337 e. The number of rotatable bonds is 8. The van der Waals surface area contributed by atoms with E-state index in [1.165, 1.54) is 12.1 Å². The lowest BCUT2D eigenvalue weighted by atomic mass is 10.2. The zero-order chi connectivity index (χ0) is 22.7. The smallest absolute Gasteiger partial charge is 0.264 e. The summed E-state index contributed by atoms with van der Waals surface area (Å²) in [5, 5.41) is 7.55. The van der Waals surface area contributed by atoms with E-state index in [4.69, 9.17) is 4.52 Å². The highest BCUT2D eigenvalue weighted by molar-refractivity contribution is 7.92. The number of hydrogen-bond acceptors (Lipinski definition) is 7. The van der Waals surface area contributed by atoms with Gasteiger partial charge in [-0.25, -0.2) is 18.1 Å². The third-order valence-electron chi connectivity index (χ3n) is 4.97. The highest BCUT2D eigenvalue weighted by atomic mass is 32.2. The van der Waals surface area contributed by atoms with Crippen LogP contribution < -0.4 is 10.0 Å². The Morgan fingerprint density at radius 1 is 1.09 bits per heavy atom. The molecule has 166 valence electrons. The zero-order valence-corrected chi connectivity index (χ0v) is 19.2. The maximum Gasteiger partial charge on any atom is 0.264 e. The lowest BCUT2D eigenvalue weighted by Crippen LogP contribution is -2.14. The summed E-state index contributed by atoms with van der Waals surface area (Å²) in [5.41, 5.74) is 2.75. The van der Waals surface area contributed by atoms with Crippen molar-refractivity contribution >= 4 is 49.1 Å². The number of aromatic nitrogens is 2. The van der Waals surface area contributed by atoms with Crippen LogP contribution in [0.15, 0.2) is 57.9 Å². The van der Waals surface area contributed by atoms with Crippen molar-refractivity contribution in [2.45, 2.75) is 38.0 Å². The van der Waals surface area contributed by atoms with Crippen molar-refractivity contribution in [2.75, 3.05) is 10.0 Å². The molecule has 0 atom stereocenters. The van der Waals surface area contributed by atoms with E-state index in [1.807, 2.05) is 24.3 Å². The van der Waals surface area contributed by atoms with Crippen molar-refractivity contribution in [3.63, 3.8) is 0 Å². The van der Waals surface area contributed by atoms with Gasteiger partial charge in [0.15, 0.2) is 0 Å². The number of nitrogens with zero attached hydrogens (tertiary/aromatic N) is 2. The number of para-hydroxylation sites is 1. The van der Waals surface area contributed by atoms with Gasteiger partial charge in [-0.15, -0.1) is 11.3 Å². The second kappa shape index (κ2) is 9.09. The van der Waals surface area contributed by atoms with Gasteiger partial charge in [0.25, 0.3) is 10.0 Å². The van der Waals surface area contributed by atoms with Crippen LogP contribution >= 0.6 is 11.3 Å². The van der Waals surface area contributed by atoms with Crippen molar-refractivity contribution in [1.29, 1.82) is 0 Å². The lowest BCUT2D eigenvalue weighted by Gasteiger charge is -2.08. The fourth-order valence-corrected chi connectivity index (χ4v) is 5.12. The molecule has 0 saturated carbocycles. The third-order valence-corrected chi connectivity index (χ3v) is 7.41. The number of amides is 1. The number of benzene rings is 2. The molecule has 0 saturated heterocycles. The van der Waals surface area contributed by atoms with Gasteiger partial charge in [-0.1, -0.05) is 17.3 Å². The lowest BCUT2D eigenvalue weighted by molar-refractivity contribution is -0.116. The average Bonchev–Trinajstić information content (AvgIpc) is 3.32. The Morgan fingerprint density at radius 3 is 2.53 bits per heavy atom. The van der Waals surface area contributed by atoms with Gasteiger partial charge >= 0.3 is 0 Å². The predicted octanol–water partition coefficient (Wildman–Crippen LogP) is 4.66. The SMILES string of the molecule is Cc1noc(NS(=O)(=O)c2ccc(NC(=O)CCCc3nc4ccccc4s3)cc2)c1C.